The van der Waals surface area contributed by atoms with E-state index in [0.717, 1.165) is 5.56 Å². The molecule has 27 heavy (non-hydrogen) atoms. The van der Waals surface area contributed by atoms with Gasteiger partial charge in [0, 0.05) is 31.9 Å². The van der Waals surface area contributed by atoms with Crippen molar-refractivity contribution >= 4 is 23.4 Å². The van der Waals surface area contributed by atoms with E-state index in [-0.39, 0.29) is 36.7 Å². The van der Waals surface area contributed by atoms with Crippen molar-refractivity contribution in [1.29, 1.82) is 0 Å². The maximum absolute atomic E-state index is 12.4. The zero-order chi connectivity index (χ0) is 20.2. The number of methoxy groups -OCH3 is 1. The summed E-state index contributed by atoms with van der Waals surface area (Å²) in [5.74, 6) is -0.882. The molecule has 0 saturated heterocycles. The smallest absolute Gasteiger partial charge is 0.243 e. The number of hydrogen-bond acceptors (Lipinski definition) is 4. The Morgan fingerprint density at radius 1 is 1.15 bits per heavy atom. The van der Waals surface area contributed by atoms with Gasteiger partial charge in [-0.2, -0.15) is 0 Å². The largest absolute Gasteiger partial charge is 0.385 e. The molecule has 0 saturated carbocycles. The number of ether oxygens (including phenoxy) is 1. The molecule has 0 aliphatic heterocycles. The van der Waals surface area contributed by atoms with Crippen LogP contribution >= 0.6 is 0 Å². The van der Waals surface area contributed by atoms with E-state index in [9.17, 15) is 14.4 Å². The molecular weight excluding hydrogens is 346 g/mol. The highest BCUT2D eigenvalue weighted by molar-refractivity contribution is 5.95. The zero-order valence-electron chi connectivity index (χ0n) is 16.7. The minimum Gasteiger partial charge on any atom is -0.385 e. The van der Waals surface area contributed by atoms with Crippen molar-refractivity contribution in [3.63, 3.8) is 0 Å². The molecule has 1 aromatic carbocycles. The molecule has 0 unspecified atom stereocenters. The van der Waals surface area contributed by atoms with Gasteiger partial charge in [-0.05, 0) is 31.9 Å². The summed E-state index contributed by atoms with van der Waals surface area (Å²) in [6, 6.07) is 7.40. The molecule has 0 aromatic heterocycles. The van der Waals surface area contributed by atoms with Gasteiger partial charge >= 0.3 is 0 Å². The van der Waals surface area contributed by atoms with Crippen LogP contribution in [0, 0.1) is 12.8 Å². The van der Waals surface area contributed by atoms with Gasteiger partial charge < -0.3 is 20.3 Å². The molecule has 1 rings (SSSR count). The number of nitrogens with zero attached hydrogens (tertiary/aromatic N) is 1. The van der Waals surface area contributed by atoms with Gasteiger partial charge in [-0.3, -0.25) is 14.4 Å². The van der Waals surface area contributed by atoms with E-state index < -0.39 is 0 Å². The highest BCUT2D eigenvalue weighted by Crippen LogP contribution is 2.09. The molecule has 3 amide bonds. The average Bonchev–Trinajstić information content (AvgIpc) is 2.66. The molecule has 0 heterocycles. The molecule has 1 atom stereocenters. The number of carbonyl (C=O) groups excluding carboxylic acids is 3. The van der Waals surface area contributed by atoms with Crippen LogP contribution in [0.4, 0.5) is 5.69 Å². The summed E-state index contributed by atoms with van der Waals surface area (Å²) >= 11 is 0. The summed E-state index contributed by atoms with van der Waals surface area (Å²) < 4.78 is 5.02. The van der Waals surface area contributed by atoms with Crippen molar-refractivity contribution in [1.82, 2.24) is 10.2 Å². The second kappa shape index (κ2) is 12.1. The van der Waals surface area contributed by atoms with E-state index in [1.165, 1.54) is 4.90 Å². The summed E-state index contributed by atoms with van der Waals surface area (Å²) in [6.45, 7) is 6.50. The van der Waals surface area contributed by atoms with Crippen molar-refractivity contribution < 1.29 is 19.1 Å². The van der Waals surface area contributed by atoms with Crippen molar-refractivity contribution in [2.24, 2.45) is 5.92 Å². The lowest BCUT2D eigenvalue weighted by Crippen LogP contribution is -2.45. The minimum atomic E-state index is -0.358. The van der Waals surface area contributed by atoms with Crippen LogP contribution in [0.15, 0.2) is 24.3 Å². The number of rotatable bonds is 11. The summed E-state index contributed by atoms with van der Waals surface area (Å²) in [5, 5.41) is 5.29. The topological polar surface area (TPSA) is 87.7 Å². The van der Waals surface area contributed by atoms with E-state index in [1.54, 1.807) is 19.2 Å². The fourth-order valence-corrected chi connectivity index (χ4v) is 2.40. The first-order chi connectivity index (χ1) is 12.9. The Bertz CT molecular complexity index is 616. The van der Waals surface area contributed by atoms with Crippen LogP contribution in [0.25, 0.3) is 0 Å². The van der Waals surface area contributed by atoms with E-state index in [1.807, 2.05) is 32.9 Å². The van der Waals surface area contributed by atoms with Gasteiger partial charge in [0.15, 0.2) is 0 Å². The lowest BCUT2D eigenvalue weighted by atomic mass is 10.1. The van der Waals surface area contributed by atoms with Crippen molar-refractivity contribution in [2.75, 3.05) is 38.7 Å². The second-order valence-corrected chi connectivity index (χ2v) is 6.61. The van der Waals surface area contributed by atoms with Gasteiger partial charge in [0.1, 0.15) is 0 Å². The van der Waals surface area contributed by atoms with Crippen LogP contribution in [0.2, 0.25) is 0 Å². The Morgan fingerprint density at radius 2 is 1.81 bits per heavy atom. The minimum absolute atomic E-state index is 0.0622. The highest BCUT2D eigenvalue weighted by Gasteiger charge is 2.21. The second-order valence-electron chi connectivity index (χ2n) is 6.61. The van der Waals surface area contributed by atoms with E-state index in [4.69, 9.17) is 4.74 Å². The Labute approximate surface area is 161 Å². The lowest BCUT2D eigenvalue weighted by Gasteiger charge is -2.25. The third kappa shape index (κ3) is 8.68. The molecule has 7 heteroatoms. The average molecular weight is 377 g/mol. The Morgan fingerprint density at radius 3 is 2.41 bits per heavy atom. The van der Waals surface area contributed by atoms with Gasteiger partial charge in [0.25, 0.3) is 0 Å². The lowest BCUT2D eigenvalue weighted by molar-refractivity contribution is -0.139. The third-order valence-corrected chi connectivity index (χ3v) is 4.24. The summed E-state index contributed by atoms with van der Waals surface area (Å²) in [5.41, 5.74) is 1.77. The maximum atomic E-state index is 12.4. The van der Waals surface area contributed by atoms with E-state index in [0.29, 0.717) is 31.7 Å². The maximum Gasteiger partial charge on any atom is 0.243 e. The van der Waals surface area contributed by atoms with Gasteiger partial charge in [-0.15, -0.1) is 0 Å². The number of aryl methyl sites for hydroxylation is 1. The number of carbonyl (C=O) groups is 3. The molecule has 1 aromatic rings. The number of hydrogen-bond donors (Lipinski definition) is 2. The fourth-order valence-electron chi connectivity index (χ4n) is 2.40. The molecule has 0 bridgehead atoms. The Hall–Kier alpha value is -2.41. The quantitative estimate of drug-likeness (QED) is 0.577. The summed E-state index contributed by atoms with van der Waals surface area (Å²) in [7, 11) is 1.60. The predicted octanol–water partition coefficient (Wildman–Crippen LogP) is 1.96. The first-order valence-corrected chi connectivity index (χ1v) is 9.28. The van der Waals surface area contributed by atoms with Crippen molar-refractivity contribution in [3.8, 4) is 0 Å². The number of benzene rings is 1. The van der Waals surface area contributed by atoms with Gasteiger partial charge in [-0.25, -0.2) is 0 Å². The van der Waals surface area contributed by atoms with Gasteiger partial charge in [-0.1, -0.05) is 31.5 Å². The normalized spacial score (nSPS) is 11.6. The summed E-state index contributed by atoms with van der Waals surface area (Å²) in [6.07, 6.45) is 1.36. The first-order valence-electron chi connectivity index (χ1n) is 9.28. The molecule has 0 spiro atoms. The first kappa shape index (κ1) is 22.6. The highest BCUT2D eigenvalue weighted by atomic mass is 16.5. The summed E-state index contributed by atoms with van der Waals surface area (Å²) in [4.78, 5) is 38.1. The molecule has 2 N–H and O–H groups in total. The molecule has 0 fully saturated rings. The monoisotopic (exact) mass is 377 g/mol. The van der Waals surface area contributed by atoms with Crippen molar-refractivity contribution in [3.05, 3.63) is 29.8 Å². The molecular formula is C20H31N3O4. The van der Waals surface area contributed by atoms with Crippen LogP contribution in [0.1, 0.15) is 32.3 Å². The number of amides is 3. The van der Waals surface area contributed by atoms with Crippen LogP contribution in [-0.4, -0.2) is 56.0 Å². The fraction of sp³-hybridized carbons (Fsp3) is 0.550. The Kier molecular flexibility index (Phi) is 10.1. The van der Waals surface area contributed by atoms with Crippen LogP contribution < -0.4 is 10.6 Å². The zero-order valence-corrected chi connectivity index (χ0v) is 16.7. The molecule has 7 nitrogen and oxygen atoms in total. The van der Waals surface area contributed by atoms with Gasteiger partial charge in [0.05, 0.1) is 13.1 Å². The molecule has 150 valence electrons. The predicted molar refractivity (Wildman–Crippen MR) is 105 cm³/mol. The SMILES string of the molecule is CC[C@@H](C)C(=O)N(CCCOC)CC(=O)NCC(=O)Nc1ccc(C)cc1. The third-order valence-electron chi connectivity index (χ3n) is 4.24. The Balaban J connectivity index is 2.50. The number of anilines is 1. The number of nitrogens with one attached hydrogen (secondary N) is 2. The van der Waals surface area contributed by atoms with Gasteiger partial charge in [0.2, 0.25) is 17.7 Å². The standard InChI is InChI=1S/C20H31N3O4/c1-5-16(3)20(26)23(11-6-12-27-4)14-19(25)21-13-18(24)22-17-9-7-15(2)8-10-17/h7-10,16H,5-6,11-14H2,1-4H3,(H,21,25)(H,22,24)/t16-/m1/s1. The van der Waals surface area contributed by atoms with E-state index in [2.05, 4.69) is 10.6 Å². The molecule has 0 radical (unpaired) electrons. The van der Waals surface area contributed by atoms with E-state index >= 15 is 0 Å². The molecule has 0 aliphatic carbocycles. The van der Waals surface area contributed by atoms with Crippen molar-refractivity contribution in [2.45, 2.75) is 33.6 Å². The van der Waals surface area contributed by atoms with Crippen LogP contribution in [0.5, 0.6) is 0 Å². The molecule has 0 aliphatic rings. The van der Waals surface area contributed by atoms with Crippen LogP contribution in [-0.2, 0) is 19.1 Å². The van der Waals surface area contributed by atoms with Crippen LogP contribution in [0.3, 0.4) is 0 Å².